The van der Waals surface area contributed by atoms with E-state index in [0.29, 0.717) is 5.56 Å². The molecule has 0 fully saturated rings. The molecule has 1 aromatic heterocycles. The van der Waals surface area contributed by atoms with Crippen LogP contribution in [-0.2, 0) is 17.9 Å². The van der Waals surface area contributed by atoms with Gasteiger partial charge in [0.15, 0.2) is 5.82 Å². The molecule has 0 atom stereocenters. The normalized spacial score (nSPS) is 11.0. The molecular formula is C21H19F2NO4. The molecule has 3 aromatic rings. The summed E-state index contributed by atoms with van der Waals surface area (Å²) in [6.07, 6.45) is 1.24. The van der Waals surface area contributed by atoms with Crippen LogP contribution in [0.25, 0.3) is 22.0 Å². The number of aromatic nitrogens is 1. The van der Waals surface area contributed by atoms with E-state index in [1.807, 2.05) is 0 Å². The zero-order valence-electron chi connectivity index (χ0n) is 15.5. The molecule has 28 heavy (non-hydrogen) atoms. The van der Waals surface area contributed by atoms with Crippen LogP contribution in [0.3, 0.4) is 0 Å². The number of carbonyl (C=O) groups excluding carboxylic acids is 1. The Balaban J connectivity index is 2.32. The molecule has 0 aliphatic heterocycles. The highest BCUT2D eigenvalue weighted by Crippen LogP contribution is 2.31. The molecule has 0 amide bonds. The third-order valence-corrected chi connectivity index (χ3v) is 4.52. The zero-order valence-corrected chi connectivity index (χ0v) is 15.5. The standard InChI is InChI=1S/C21H19F2NO4/c1-3-24-10-15(21(27)28-4-2)20(26)14-9-16(22)17(18(23)19(14)24)13-7-5-12(11-25)6-8-13/h5-10,25H,3-4,11H2,1-2H3. The highest BCUT2D eigenvalue weighted by molar-refractivity contribution is 5.95. The summed E-state index contributed by atoms with van der Waals surface area (Å²) in [4.78, 5) is 24.7. The van der Waals surface area contributed by atoms with Crippen LogP contribution in [0.15, 0.2) is 41.3 Å². The minimum absolute atomic E-state index is 0.0773. The maximum Gasteiger partial charge on any atom is 0.343 e. The molecule has 0 aliphatic carbocycles. The van der Waals surface area contributed by atoms with E-state index in [1.165, 1.54) is 22.9 Å². The quantitative estimate of drug-likeness (QED) is 0.679. The van der Waals surface area contributed by atoms with Crippen LogP contribution >= 0.6 is 0 Å². The number of halogens is 2. The van der Waals surface area contributed by atoms with Crippen molar-refractivity contribution in [1.82, 2.24) is 4.57 Å². The van der Waals surface area contributed by atoms with E-state index >= 15 is 4.39 Å². The van der Waals surface area contributed by atoms with E-state index in [0.717, 1.165) is 6.07 Å². The van der Waals surface area contributed by atoms with Gasteiger partial charge in [-0.1, -0.05) is 24.3 Å². The van der Waals surface area contributed by atoms with E-state index in [1.54, 1.807) is 26.0 Å². The molecule has 0 aliphatic rings. The molecule has 0 saturated heterocycles. The molecule has 0 spiro atoms. The SMILES string of the molecule is CCOC(=O)c1cn(CC)c2c(F)c(-c3ccc(CO)cc3)c(F)cc2c1=O. The van der Waals surface area contributed by atoms with Gasteiger partial charge in [-0.15, -0.1) is 0 Å². The van der Waals surface area contributed by atoms with E-state index < -0.39 is 23.0 Å². The zero-order chi connectivity index (χ0) is 20.4. The van der Waals surface area contributed by atoms with Crippen molar-refractivity contribution in [2.45, 2.75) is 27.0 Å². The van der Waals surface area contributed by atoms with E-state index in [9.17, 15) is 14.0 Å². The fourth-order valence-electron chi connectivity index (χ4n) is 3.13. The Morgan fingerprint density at radius 3 is 2.43 bits per heavy atom. The lowest BCUT2D eigenvalue weighted by Gasteiger charge is -2.15. The van der Waals surface area contributed by atoms with Crippen LogP contribution in [0.1, 0.15) is 29.8 Å². The lowest BCUT2D eigenvalue weighted by atomic mass is 9.99. The summed E-state index contributed by atoms with van der Waals surface area (Å²) in [7, 11) is 0. The first-order valence-electron chi connectivity index (χ1n) is 8.85. The molecule has 0 radical (unpaired) electrons. The van der Waals surface area contributed by atoms with Crippen molar-refractivity contribution >= 4 is 16.9 Å². The van der Waals surface area contributed by atoms with Gasteiger partial charge in [0, 0.05) is 12.7 Å². The molecule has 0 bridgehead atoms. The number of hydrogen-bond acceptors (Lipinski definition) is 4. The molecular weight excluding hydrogens is 368 g/mol. The fourth-order valence-corrected chi connectivity index (χ4v) is 3.13. The molecule has 0 unspecified atom stereocenters. The van der Waals surface area contributed by atoms with Gasteiger partial charge in [0.2, 0.25) is 5.43 Å². The highest BCUT2D eigenvalue weighted by Gasteiger charge is 2.23. The minimum atomic E-state index is -0.914. The maximum atomic E-state index is 15.3. The summed E-state index contributed by atoms with van der Waals surface area (Å²) in [5, 5.41) is 8.91. The van der Waals surface area contributed by atoms with Crippen molar-refractivity contribution in [2.75, 3.05) is 6.61 Å². The first kappa shape index (κ1) is 19.7. The lowest BCUT2D eigenvalue weighted by Crippen LogP contribution is -2.21. The Kier molecular flexibility index (Phi) is 5.56. The first-order valence-corrected chi connectivity index (χ1v) is 8.85. The van der Waals surface area contributed by atoms with Gasteiger partial charge in [-0.3, -0.25) is 4.79 Å². The monoisotopic (exact) mass is 387 g/mol. The molecule has 1 N–H and O–H groups in total. The number of carbonyl (C=O) groups is 1. The van der Waals surface area contributed by atoms with Crippen LogP contribution in [0.5, 0.6) is 0 Å². The Bertz CT molecular complexity index is 1100. The first-order chi connectivity index (χ1) is 13.4. The van der Waals surface area contributed by atoms with E-state index in [-0.39, 0.29) is 47.4 Å². The topological polar surface area (TPSA) is 68.5 Å². The van der Waals surface area contributed by atoms with Crippen molar-refractivity contribution in [3.05, 3.63) is 69.5 Å². The van der Waals surface area contributed by atoms with Crippen LogP contribution in [0.4, 0.5) is 8.78 Å². The molecule has 5 nitrogen and oxygen atoms in total. The van der Waals surface area contributed by atoms with Gasteiger partial charge in [0.25, 0.3) is 0 Å². The smallest absolute Gasteiger partial charge is 0.343 e. The van der Waals surface area contributed by atoms with Gasteiger partial charge < -0.3 is 14.4 Å². The van der Waals surface area contributed by atoms with Crippen molar-refractivity contribution in [2.24, 2.45) is 0 Å². The Morgan fingerprint density at radius 2 is 1.86 bits per heavy atom. The Labute approximate surface area is 159 Å². The number of rotatable bonds is 5. The predicted molar refractivity (Wildman–Crippen MR) is 101 cm³/mol. The van der Waals surface area contributed by atoms with Gasteiger partial charge in [-0.2, -0.15) is 0 Å². The minimum Gasteiger partial charge on any atom is -0.462 e. The molecule has 2 aromatic carbocycles. The average molecular weight is 387 g/mol. The van der Waals surface area contributed by atoms with Crippen molar-refractivity contribution in [1.29, 1.82) is 0 Å². The van der Waals surface area contributed by atoms with Gasteiger partial charge >= 0.3 is 5.97 Å². The third-order valence-electron chi connectivity index (χ3n) is 4.52. The number of fused-ring (bicyclic) bond motifs is 1. The number of hydrogen-bond donors (Lipinski definition) is 1. The van der Waals surface area contributed by atoms with Crippen LogP contribution in [0, 0.1) is 11.6 Å². The maximum absolute atomic E-state index is 15.3. The van der Waals surface area contributed by atoms with Crippen molar-refractivity contribution < 1.29 is 23.4 Å². The van der Waals surface area contributed by atoms with Gasteiger partial charge in [0.1, 0.15) is 11.4 Å². The molecule has 3 rings (SSSR count). The lowest BCUT2D eigenvalue weighted by molar-refractivity contribution is 0.0524. The summed E-state index contributed by atoms with van der Waals surface area (Å²) < 4.78 is 36.4. The number of aliphatic hydroxyl groups is 1. The number of esters is 1. The predicted octanol–water partition coefficient (Wildman–Crippen LogP) is 3.64. The summed E-state index contributed by atoms with van der Waals surface area (Å²) in [5.74, 6) is -2.63. The number of aryl methyl sites for hydroxylation is 1. The highest BCUT2D eigenvalue weighted by atomic mass is 19.1. The number of ether oxygens (including phenoxy) is 1. The van der Waals surface area contributed by atoms with Crippen LogP contribution in [-0.4, -0.2) is 22.2 Å². The second kappa shape index (κ2) is 7.90. The number of benzene rings is 2. The Morgan fingerprint density at radius 1 is 1.18 bits per heavy atom. The van der Waals surface area contributed by atoms with Gasteiger partial charge in [-0.05, 0) is 31.0 Å². The largest absolute Gasteiger partial charge is 0.462 e. The third kappa shape index (κ3) is 3.29. The summed E-state index contributed by atoms with van der Waals surface area (Å²) >= 11 is 0. The van der Waals surface area contributed by atoms with Crippen LogP contribution < -0.4 is 5.43 Å². The van der Waals surface area contributed by atoms with E-state index in [2.05, 4.69) is 0 Å². The molecule has 146 valence electrons. The van der Waals surface area contributed by atoms with Crippen molar-refractivity contribution in [3.8, 4) is 11.1 Å². The second-order valence-electron chi connectivity index (χ2n) is 6.18. The average Bonchev–Trinajstić information content (AvgIpc) is 2.69. The summed E-state index contributed by atoms with van der Waals surface area (Å²) in [6.45, 7) is 3.47. The van der Waals surface area contributed by atoms with E-state index in [4.69, 9.17) is 9.84 Å². The number of pyridine rings is 1. The summed E-state index contributed by atoms with van der Waals surface area (Å²) in [5.41, 5.74) is -0.521. The van der Waals surface area contributed by atoms with Crippen molar-refractivity contribution in [3.63, 3.8) is 0 Å². The number of nitrogens with zero attached hydrogens (tertiary/aromatic N) is 1. The fraction of sp³-hybridized carbons (Fsp3) is 0.238. The number of aliphatic hydroxyl groups excluding tert-OH is 1. The summed E-state index contributed by atoms with van der Waals surface area (Å²) in [6, 6.07) is 7.08. The second-order valence-corrected chi connectivity index (χ2v) is 6.18. The molecule has 7 heteroatoms. The van der Waals surface area contributed by atoms with Gasteiger partial charge in [0.05, 0.1) is 29.7 Å². The van der Waals surface area contributed by atoms with Gasteiger partial charge in [-0.25, -0.2) is 13.6 Å². The Hall–Kier alpha value is -3.06. The van der Waals surface area contributed by atoms with Crippen LogP contribution in [0.2, 0.25) is 0 Å². The molecule has 1 heterocycles. The molecule has 0 saturated carbocycles.